The van der Waals surface area contributed by atoms with E-state index in [9.17, 15) is 0 Å². The molecule has 73 valence electrons. The van der Waals surface area contributed by atoms with Crippen LogP contribution in [0, 0.1) is 0 Å². The molecule has 0 saturated heterocycles. The second-order valence-corrected chi connectivity index (χ2v) is 10.3. The van der Waals surface area contributed by atoms with Gasteiger partial charge in [-0.15, -0.1) is 0 Å². The van der Waals surface area contributed by atoms with Crippen LogP contribution in [0.5, 0.6) is 0 Å². The van der Waals surface area contributed by atoms with Gasteiger partial charge in [-0.05, 0) is 0 Å². The Balaban J connectivity index is 2.18. The molecule has 2 rings (SSSR count). The SMILES string of the molecule is CC1=CC[C]([Zr]([CH3])[C]2=CC=CC2)=C1C. The molecular weight excluding hydrogens is 247 g/mol. The minimum absolute atomic E-state index is 1.24. The van der Waals surface area contributed by atoms with Gasteiger partial charge in [0, 0.05) is 0 Å². The molecule has 0 aromatic carbocycles. The van der Waals surface area contributed by atoms with Crippen LogP contribution in [-0.2, 0) is 21.8 Å². The first-order chi connectivity index (χ1) is 6.70. The molecular formula is C13H17Zr. The third-order valence-electron chi connectivity index (χ3n) is 3.36. The van der Waals surface area contributed by atoms with E-state index >= 15 is 0 Å². The molecule has 14 heavy (non-hydrogen) atoms. The number of allylic oxidation sites excluding steroid dienone is 8. The molecule has 0 fully saturated rings. The van der Waals surface area contributed by atoms with Gasteiger partial charge in [0.05, 0.1) is 0 Å². The molecule has 0 N–H and O–H groups in total. The van der Waals surface area contributed by atoms with E-state index in [1.165, 1.54) is 18.4 Å². The number of hydrogen-bond donors (Lipinski definition) is 0. The minimum atomic E-state index is -1.37. The zero-order valence-electron chi connectivity index (χ0n) is 9.22. The van der Waals surface area contributed by atoms with Gasteiger partial charge in [0.15, 0.2) is 0 Å². The van der Waals surface area contributed by atoms with Gasteiger partial charge in [-0.1, -0.05) is 0 Å². The maximum atomic E-state index is 2.53. The first-order valence-corrected chi connectivity index (χ1v) is 10.2. The predicted octanol–water partition coefficient (Wildman–Crippen LogP) is 4.12. The van der Waals surface area contributed by atoms with Gasteiger partial charge in [-0.25, -0.2) is 0 Å². The quantitative estimate of drug-likeness (QED) is 0.704. The molecule has 0 heterocycles. The van der Waals surface area contributed by atoms with Gasteiger partial charge in [0.2, 0.25) is 0 Å². The second kappa shape index (κ2) is 4.15. The van der Waals surface area contributed by atoms with E-state index < -0.39 is 21.8 Å². The Morgan fingerprint density at radius 3 is 2.50 bits per heavy atom. The van der Waals surface area contributed by atoms with Crippen molar-refractivity contribution < 1.29 is 21.8 Å². The summed E-state index contributed by atoms with van der Waals surface area (Å²) in [5.74, 6) is 0. The molecule has 2 aliphatic carbocycles. The van der Waals surface area contributed by atoms with Gasteiger partial charge in [-0.3, -0.25) is 0 Å². The average molecular weight is 265 g/mol. The second-order valence-electron chi connectivity index (χ2n) is 4.14. The Morgan fingerprint density at radius 1 is 1.21 bits per heavy atom. The summed E-state index contributed by atoms with van der Waals surface area (Å²) in [6.07, 6.45) is 11.8. The van der Waals surface area contributed by atoms with Gasteiger partial charge in [-0.2, -0.15) is 0 Å². The van der Waals surface area contributed by atoms with Crippen LogP contribution in [0.25, 0.3) is 0 Å². The Labute approximate surface area is 94.8 Å². The molecule has 0 unspecified atom stereocenters. The summed E-state index contributed by atoms with van der Waals surface area (Å²) in [5, 5.41) is 0. The maximum absolute atomic E-state index is 2.53. The van der Waals surface area contributed by atoms with E-state index in [0.717, 1.165) is 0 Å². The normalized spacial score (nSPS) is 20.2. The van der Waals surface area contributed by atoms with Crippen molar-refractivity contribution in [2.45, 2.75) is 31.3 Å². The fourth-order valence-electron chi connectivity index (χ4n) is 2.15. The van der Waals surface area contributed by atoms with Crippen LogP contribution in [0.1, 0.15) is 26.7 Å². The molecule has 0 aromatic rings. The van der Waals surface area contributed by atoms with Crippen LogP contribution >= 0.6 is 0 Å². The van der Waals surface area contributed by atoms with Crippen LogP contribution in [-0.4, -0.2) is 0 Å². The molecule has 0 aliphatic heterocycles. The van der Waals surface area contributed by atoms with Crippen molar-refractivity contribution in [1.29, 1.82) is 0 Å². The third kappa shape index (κ3) is 1.80. The summed E-state index contributed by atoms with van der Waals surface area (Å²) in [4.78, 5) is 0. The van der Waals surface area contributed by atoms with Crippen LogP contribution in [0.4, 0.5) is 0 Å². The summed E-state index contributed by atoms with van der Waals surface area (Å²) in [6.45, 7) is 4.56. The standard InChI is InChI=1S/C7H9.C5H5.CH3.Zr/c1-6-4-3-5-7(6)2;1-2-4-5-3-1;;/h4H,3H2,1-2H3;1-3H,4H2;1H3;. The summed E-state index contributed by atoms with van der Waals surface area (Å²) in [5.41, 5.74) is 3.13. The zero-order valence-corrected chi connectivity index (χ0v) is 11.7. The van der Waals surface area contributed by atoms with E-state index in [-0.39, 0.29) is 0 Å². The molecule has 0 radical (unpaired) electrons. The molecule has 2 aliphatic rings. The average Bonchev–Trinajstić information content (AvgIpc) is 2.77. The summed E-state index contributed by atoms with van der Waals surface area (Å²) in [6, 6.07) is 0. The van der Waals surface area contributed by atoms with Gasteiger partial charge < -0.3 is 0 Å². The topological polar surface area (TPSA) is 0 Å². The number of hydrogen-bond acceptors (Lipinski definition) is 0. The van der Waals surface area contributed by atoms with Gasteiger partial charge in [0.1, 0.15) is 0 Å². The van der Waals surface area contributed by atoms with Crippen molar-refractivity contribution in [1.82, 2.24) is 0 Å². The van der Waals surface area contributed by atoms with Crippen molar-refractivity contribution in [2.24, 2.45) is 0 Å². The first-order valence-electron chi connectivity index (χ1n) is 5.27. The molecule has 0 bridgehead atoms. The van der Waals surface area contributed by atoms with Crippen molar-refractivity contribution in [3.05, 3.63) is 42.0 Å². The molecule has 1 heteroatoms. The summed E-state index contributed by atoms with van der Waals surface area (Å²) < 4.78 is 6.12. The Hall–Kier alpha value is -0.157. The van der Waals surface area contributed by atoms with Gasteiger partial charge >= 0.3 is 95.1 Å². The van der Waals surface area contributed by atoms with E-state index in [1.54, 1.807) is 8.85 Å². The van der Waals surface area contributed by atoms with Crippen LogP contribution < -0.4 is 0 Å². The fraction of sp³-hybridized carbons (Fsp3) is 0.385. The first kappa shape index (κ1) is 10.4. The van der Waals surface area contributed by atoms with Gasteiger partial charge in [0.25, 0.3) is 0 Å². The van der Waals surface area contributed by atoms with Crippen molar-refractivity contribution in [3.8, 4) is 0 Å². The fourth-order valence-corrected chi connectivity index (χ4v) is 7.87. The zero-order chi connectivity index (χ0) is 10.1. The summed E-state index contributed by atoms with van der Waals surface area (Å²) >= 11 is -1.37. The molecule has 0 nitrogen and oxygen atoms in total. The van der Waals surface area contributed by atoms with E-state index in [4.69, 9.17) is 0 Å². The van der Waals surface area contributed by atoms with Crippen molar-refractivity contribution in [2.75, 3.05) is 0 Å². The molecule has 0 atom stereocenters. The van der Waals surface area contributed by atoms with Crippen molar-refractivity contribution in [3.63, 3.8) is 0 Å². The molecule has 0 amide bonds. The van der Waals surface area contributed by atoms with Crippen LogP contribution in [0.3, 0.4) is 0 Å². The van der Waals surface area contributed by atoms with E-state index in [1.807, 2.05) is 3.28 Å². The Morgan fingerprint density at radius 2 is 2.00 bits per heavy atom. The molecule has 0 saturated carbocycles. The van der Waals surface area contributed by atoms with Crippen LogP contribution in [0.15, 0.2) is 42.0 Å². The predicted molar refractivity (Wildman–Crippen MR) is 58.8 cm³/mol. The van der Waals surface area contributed by atoms with Crippen LogP contribution in [0.2, 0.25) is 4.63 Å². The third-order valence-corrected chi connectivity index (χ3v) is 10.3. The number of rotatable bonds is 2. The Bertz CT molecular complexity index is 367. The van der Waals surface area contributed by atoms with Crippen molar-refractivity contribution >= 4 is 0 Å². The summed E-state index contributed by atoms with van der Waals surface area (Å²) in [7, 11) is 0. The Kier molecular flexibility index (Phi) is 3.07. The van der Waals surface area contributed by atoms with E-state index in [2.05, 4.69) is 42.8 Å². The molecule has 0 aromatic heterocycles. The van der Waals surface area contributed by atoms with E-state index in [0.29, 0.717) is 0 Å². The monoisotopic (exact) mass is 263 g/mol. The molecule has 0 spiro atoms.